The van der Waals surface area contributed by atoms with Crippen LogP contribution in [-0.4, -0.2) is 62.5 Å². The van der Waals surface area contributed by atoms with E-state index in [1.165, 1.54) is 0 Å². The molecule has 0 aromatic heterocycles. The van der Waals surface area contributed by atoms with Gasteiger partial charge in [-0.3, -0.25) is 0 Å². The molecular weight excluding hydrogens is 979 g/mol. The fourth-order valence-electron chi connectivity index (χ4n) is 5.21. The first-order valence-electron chi connectivity index (χ1n) is 16.9. The summed E-state index contributed by atoms with van der Waals surface area (Å²) >= 11 is -11.2. The summed E-state index contributed by atoms with van der Waals surface area (Å²) in [4.78, 5) is 0. The zero-order valence-electron chi connectivity index (χ0n) is 30.8. The summed E-state index contributed by atoms with van der Waals surface area (Å²) in [6, 6.07) is 3.35. The summed E-state index contributed by atoms with van der Waals surface area (Å²) in [7, 11) is 0. The molecule has 360 valence electrons. The Kier molecular flexibility index (Phi) is 13.9. The highest BCUT2D eigenvalue weighted by Crippen LogP contribution is 2.60. The Balaban J connectivity index is 2.12. The monoisotopic (exact) mass is 999 g/mol. The van der Waals surface area contributed by atoms with Gasteiger partial charge in [0.05, 0.1) is 0 Å². The van der Waals surface area contributed by atoms with E-state index in [0.717, 1.165) is 0 Å². The van der Waals surface area contributed by atoms with Gasteiger partial charge in [-0.1, -0.05) is 121 Å². The second kappa shape index (κ2) is 17.0. The average molecular weight is 999 g/mol. The molecule has 0 bridgehead atoms. The third kappa shape index (κ3) is 9.07. The fourth-order valence-corrected chi connectivity index (χ4v) is 7.54. The van der Waals surface area contributed by atoms with Crippen molar-refractivity contribution in [2.45, 2.75) is 71.8 Å². The molecule has 0 saturated heterocycles. The van der Waals surface area contributed by atoms with E-state index in [9.17, 15) is 0 Å². The predicted molar refractivity (Wildman–Crippen MR) is 171 cm³/mol. The van der Waals surface area contributed by atoms with E-state index in [0.29, 0.717) is 72.8 Å². The van der Waals surface area contributed by atoms with Crippen molar-refractivity contribution >= 4 is 14.4 Å². The van der Waals surface area contributed by atoms with Crippen LogP contribution in [0, 0.1) is 0 Å². The van der Waals surface area contributed by atoms with E-state index < -0.39 is 108 Å². The Morgan fingerprint density at radius 2 is 0.369 bits per heavy atom. The molecule has 0 aliphatic carbocycles. The maximum atomic E-state index is 15.6. The van der Waals surface area contributed by atoms with Gasteiger partial charge in [0.2, 0.25) is 0 Å². The van der Waals surface area contributed by atoms with Gasteiger partial charge in [0.25, 0.3) is 0 Å². The summed E-state index contributed by atoms with van der Waals surface area (Å²) in [5.74, 6) is -58.8. The minimum Gasteiger partial charge on any atom is -0.526 e. The number of halogens is 24. The topological polar surface area (TPSA) is 36.9 Å². The first kappa shape index (κ1) is 53.2. The number of hydrogen-bond donors (Lipinski definition) is 0. The maximum Gasteiger partial charge on any atom is 0.892 e. The first-order chi connectivity index (χ1) is 29.2. The molecule has 0 saturated carbocycles. The van der Waals surface area contributed by atoms with Crippen LogP contribution in [0.1, 0.15) is 22.3 Å². The molecule has 0 aliphatic rings. The SMILES string of the molecule is FC(F)([O][Al-]([O]C(F)(F)C(F)(F)C(F)(F)c1ccccc1)([O]C(F)(F)C(F)(F)C(F)(F)c1ccccc1)[O]C(F)(F)C(F)(F)C(F)(F)c1ccccc1)C(F)(F)C(F)(F)c1ccccc1. The molecule has 0 aliphatic heterocycles. The summed E-state index contributed by atoms with van der Waals surface area (Å²) < 4.78 is 378. The molecule has 0 unspecified atom stereocenters. The lowest BCUT2D eigenvalue weighted by Gasteiger charge is -2.49. The van der Waals surface area contributed by atoms with Gasteiger partial charge in [0.15, 0.2) is 0 Å². The standard InChI is InChI=1S/4C9H5F6O.Al/c4*10-7(11,6-4-2-1-3-5-6)8(12,13)9(14,15)16;/h4*1-5H;/q4*-1;+3. The molecule has 0 N–H and O–H groups in total. The van der Waals surface area contributed by atoms with Crippen LogP contribution in [0.25, 0.3) is 0 Å². The van der Waals surface area contributed by atoms with E-state index in [1.54, 1.807) is 0 Å². The highest BCUT2D eigenvalue weighted by molar-refractivity contribution is 6.54. The highest BCUT2D eigenvalue weighted by Gasteiger charge is 2.85. The molecule has 0 heterocycles. The molecule has 4 rings (SSSR count). The summed E-state index contributed by atoms with van der Waals surface area (Å²) in [6.45, 7) is 0. The molecule has 29 heteroatoms. The zero-order valence-corrected chi connectivity index (χ0v) is 32.0. The highest BCUT2D eigenvalue weighted by atomic mass is 27.3. The number of benzene rings is 4. The lowest BCUT2D eigenvalue weighted by atomic mass is 10.0. The van der Waals surface area contributed by atoms with Crippen molar-refractivity contribution < 1.29 is 121 Å². The van der Waals surface area contributed by atoms with Crippen LogP contribution in [0.5, 0.6) is 0 Å². The van der Waals surface area contributed by atoms with E-state index in [2.05, 4.69) is 15.2 Å². The van der Waals surface area contributed by atoms with E-state index in [-0.39, 0.29) is 48.5 Å². The minimum atomic E-state index is -11.2. The van der Waals surface area contributed by atoms with Crippen molar-refractivity contribution in [2.24, 2.45) is 0 Å². The van der Waals surface area contributed by atoms with E-state index in [1.807, 2.05) is 0 Å². The van der Waals surface area contributed by atoms with Crippen molar-refractivity contribution in [2.75, 3.05) is 0 Å². The van der Waals surface area contributed by atoms with Crippen LogP contribution in [0.2, 0.25) is 0 Å². The molecule has 4 nitrogen and oxygen atoms in total. The Morgan fingerprint density at radius 1 is 0.231 bits per heavy atom. The fraction of sp³-hybridized carbons (Fsp3) is 0.333. The van der Waals surface area contributed by atoms with Crippen molar-refractivity contribution in [3.63, 3.8) is 0 Å². The third-order valence-electron chi connectivity index (χ3n) is 8.75. The van der Waals surface area contributed by atoms with Crippen LogP contribution in [0.3, 0.4) is 0 Å². The average Bonchev–Trinajstić information content (AvgIpc) is 3.20. The van der Waals surface area contributed by atoms with Crippen molar-refractivity contribution in [3.05, 3.63) is 144 Å². The number of rotatable bonds is 20. The van der Waals surface area contributed by atoms with Crippen LogP contribution in [-0.2, 0) is 38.8 Å². The lowest BCUT2D eigenvalue weighted by molar-refractivity contribution is -0.457. The smallest absolute Gasteiger partial charge is 0.526 e. The molecule has 0 radical (unpaired) electrons. The second-order valence-corrected chi connectivity index (χ2v) is 15.3. The van der Waals surface area contributed by atoms with Gasteiger partial charge >= 0.3 is 86.2 Å². The van der Waals surface area contributed by atoms with Gasteiger partial charge in [0.1, 0.15) is 0 Å². The van der Waals surface area contributed by atoms with Gasteiger partial charge in [-0.2, -0.15) is 105 Å². The van der Waals surface area contributed by atoms with Gasteiger partial charge in [-0.05, 0) is 0 Å². The van der Waals surface area contributed by atoms with Crippen molar-refractivity contribution in [1.82, 2.24) is 0 Å². The number of hydrogen-bond acceptors (Lipinski definition) is 4. The Morgan fingerprint density at radius 3 is 0.508 bits per heavy atom. The Hall–Kier alpha value is -4.43. The van der Waals surface area contributed by atoms with Crippen LogP contribution in [0.4, 0.5) is 105 Å². The number of alkyl halides is 24. The van der Waals surface area contributed by atoms with Gasteiger partial charge in [-0.25, -0.2) is 0 Å². The summed E-state index contributed by atoms with van der Waals surface area (Å²) in [6.07, 6.45) is -33.0. The van der Waals surface area contributed by atoms with E-state index in [4.69, 9.17) is 0 Å². The molecule has 0 spiro atoms. The van der Waals surface area contributed by atoms with Crippen LogP contribution < -0.4 is 0 Å². The third-order valence-corrected chi connectivity index (χ3v) is 11.1. The first-order valence-corrected chi connectivity index (χ1v) is 18.8. The molecule has 0 amide bonds. The zero-order chi connectivity index (χ0) is 49.8. The maximum absolute atomic E-state index is 15.6. The second-order valence-electron chi connectivity index (χ2n) is 13.2. The Bertz CT molecular complexity index is 1900. The molecule has 0 atom stereocenters. The largest absolute Gasteiger partial charge is 0.892 e. The van der Waals surface area contributed by atoms with Gasteiger partial charge in [0, 0.05) is 22.3 Å². The molecule has 0 fully saturated rings. The molecule has 4 aromatic carbocycles. The molecule has 4 aromatic rings. The van der Waals surface area contributed by atoms with Crippen molar-refractivity contribution in [1.29, 1.82) is 0 Å². The lowest BCUT2D eigenvalue weighted by Crippen LogP contribution is -2.72. The van der Waals surface area contributed by atoms with Gasteiger partial charge < -0.3 is 15.2 Å². The van der Waals surface area contributed by atoms with Gasteiger partial charge in [-0.15, -0.1) is 0 Å². The van der Waals surface area contributed by atoms with Crippen molar-refractivity contribution in [3.8, 4) is 0 Å². The predicted octanol–water partition coefficient (Wildman–Crippen LogP) is 13.6. The van der Waals surface area contributed by atoms with Crippen LogP contribution >= 0.6 is 0 Å². The Labute approximate surface area is 350 Å². The summed E-state index contributed by atoms with van der Waals surface area (Å²) in [5.41, 5.74) is -9.70. The minimum absolute atomic E-state index is 0.235. The molecular formula is C36H20AlF24O4-. The van der Waals surface area contributed by atoms with E-state index >= 15 is 105 Å². The summed E-state index contributed by atoms with van der Waals surface area (Å²) in [5, 5.41) is 0. The molecule has 65 heavy (non-hydrogen) atoms. The normalized spacial score (nSPS) is 15.0. The quantitative estimate of drug-likeness (QED) is 0.0653. The van der Waals surface area contributed by atoms with Crippen LogP contribution in [0.15, 0.2) is 121 Å².